The molecule has 3 aromatic rings. The van der Waals surface area contributed by atoms with Crippen molar-refractivity contribution in [2.45, 2.75) is 46.1 Å². The van der Waals surface area contributed by atoms with Gasteiger partial charge in [-0.2, -0.15) is 0 Å². The van der Waals surface area contributed by atoms with Gasteiger partial charge in [-0.3, -0.25) is 14.6 Å². The molecule has 1 atom stereocenters. The van der Waals surface area contributed by atoms with E-state index in [2.05, 4.69) is 21.4 Å². The number of pyridine rings is 1. The standard InChI is InChI=1S/C26H31N5O2/c1-18-4-5-23-20(14-18)21(15-19(2)29-23)25(33)31-11-6-26(7-12-31)16-22(26)24(32)28-8-3-10-30-13-9-27-17-30/h4-5,9,13-15,17,22H,3,6-8,10-12,16H2,1-2H3,(H,28,32)/t22-/m0/s1. The number of benzene rings is 1. The van der Waals surface area contributed by atoms with Gasteiger partial charge in [0.2, 0.25) is 5.91 Å². The third kappa shape index (κ3) is 4.36. The van der Waals surface area contributed by atoms with Crippen molar-refractivity contribution >= 4 is 22.7 Å². The van der Waals surface area contributed by atoms with Gasteiger partial charge in [0.25, 0.3) is 5.91 Å². The first kappa shape index (κ1) is 21.6. The predicted octanol–water partition coefficient (Wildman–Crippen LogP) is 3.50. The molecule has 7 heteroatoms. The normalized spacial score (nSPS) is 19.1. The molecule has 33 heavy (non-hydrogen) atoms. The van der Waals surface area contributed by atoms with Crippen molar-refractivity contribution in [3.05, 3.63) is 59.8 Å². The summed E-state index contributed by atoms with van der Waals surface area (Å²) in [6, 6.07) is 7.98. The van der Waals surface area contributed by atoms with Gasteiger partial charge in [-0.25, -0.2) is 4.98 Å². The molecular weight excluding hydrogens is 414 g/mol. The van der Waals surface area contributed by atoms with Crippen molar-refractivity contribution in [1.29, 1.82) is 0 Å². The average Bonchev–Trinajstić information content (AvgIpc) is 3.24. The molecule has 0 unspecified atom stereocenters. The molecule has 2 aliphatic rings. The fourth-order valence-electron chi connectivity index (χ4n) is 5.26. The first-order valence-electron chi connectivity index (χ1n) is 11.9. The van der Waals surface area contributed by atoms with E-state index < -0.39 is 0 Å². The highest BCUT2D eigenvalue weighted by atomic mass is 16.2. The first-order chi connectivity index (χ1) is 15.9. The van der Waals surface area contributed by atoms with Crippen LogP contribution in [-0.2, 0) is 11.3 Å². The molecular formula is C26H31N5O2. The number of fused-ring (bicyclic) bond motifs is 1. The van der Waals surface area contributed by atoms with Gasteiger partial charge in [-0.1, -0.05) is 11.6 Å². The second kappa shape index (κ2) is 8.61. The highest BCUT2D eigenvalue weighted by Gasteiger charge is 2.58. The van der Waals surface area contributed by atoms with Crippen molar-refractivity contribution < 1.29 is 9.59 Å². The molecule has 0 radical (unpaired) electrons. The summed E-state index contributed by atoms with van der Waals surface area (Å²) >= 11 is 0. The number of nitrogens with one attached hydrogen (secondary N) is 1. The molecule has 172 valence electrons. The second-order valence-electron chi connectivity index (χ2n) is 9.69. The van der Waals surface area contributed by atoms with Crippen LogP contribution in [0.3, 0.4) is 0 Å². The van der Waals surface area contributed by atoms with E-state index in [1.807, 2.05) is 47.7 Å². The molecule has 2 fully saturated rings. The molecule has 1 saturated carbocycles. The van der Waals surface area contributed by atoms with Gasteiger partial charge < -0.3 is 14.8 Å². The zero-order valence-electron chi connectivity index (χ0n) is 19.4. The largest absolute Gasteiger partial charge is 0.356 e. The minimum absolute atomic E-state index is 0.0760. The SMILES string of the molecule is Cc1ccc2nc(C)cc(C(=O)N3CCC4(CC3)C[C@H]4C(=O)NCCCn3ccnc3)c2c1. The van der Waals surface area contributed by atoms with E-state index in [1.165, 1.54) is 0 Å². The van der Waals surface area contributed by atoms with Crippen molar-refractivity contribution in [1.82, 2.24) is 24.8 Å². The van der Waals surface area contributed by atoms with E-state index in [0.29, 0.717) is 19.6 Å². The Morgan fingerprint density at radius 3 is 2.76 bits per heavy atom. The molecule has 5 rings (SSSR count). The van der Waals surface area contributed by atoms with E-state index in [9.17, 15) is 9.59 Å². The number of nitrogens with zero attached hydrogens (tertiary/aromatic N) is 4. The zero-order valence-corrected chi connectivity index (χ0v) is 19.4. The van der Waals surface area contributed by atoms with Gasteiger partial charge in [-0.05, 0) is 63.1 Å². The summed E-state index contributed by atoms with van der Waals surface area (Å²) in [4.78, 5) is 36.7. The molecule has 1 aliphatic heterocycles. The Morgan fingerprint density at radius 1 is 1.18 bits per heavy atom. The number of hydrogen-bond donors (Lipinski definition) is 1. The third-order valence-corrected chi connectivity index (χ3v) is 7.33. The average molecular weight is 446 g/mol. The summed E-state index contributed by atoms with van der Waals surface area (Å²) in [6.07, 6.45) is 9.12. The molecule has 1 saturated heterocycles. The van der Waals surface area contributed by atoms with Crippen LogP contribution >= 0.6 is 0 Å². The third-order valence-electron chi connectivity index (χ3n) is 7.33. The molecule has 3 heterocycles. The van der Waals surface area contributed by atoms with Crippen LogP contribution in [0.15, 0.2) is 43.0 Å². The second-order valence-corrected chi connectivity index (χ2v) is 9.69. The lowest BCUT2D eigenvalue weighted by Crippen LogP contribution is -2.40. The van der Waals surface area contributed by atoms with Gasteiger partial charge in [-0.15, -0.1) is 0 Å². The van der Waals surface area contributed by atoms with Crippen LogP contribution in [0.25, 0.3) is 10.9 Å². The zero-order chi connectivity index (χ0) is 23.0. The topological polar surface area (TPSA) is 80.1 Å². The van der Waals surface area contributed by atoms with E-state index in [0.717, 1.165) is 60.0 Å². The lowest BCUT2D eigenvalue weighted by molar-refractivity contribution is -0.123. The number of piperidine rings is 1. The highest BCUT2D eigenvalue weighted by molar-refractivity contribution is 6.06. The van der Waals surface area contributed by atoms with E-state index in [-0.39, 0.29) is 23.1 Å². The summed E-state index contributed by atoms with van der Waals surface area (Å²) in [6.45, 7) is 6.92. The first-order valence-corrected chi connectivity index (χ1v) is 11.9. The van der Waals surface area contributed by atoms with Crippen molar-refractivity contribution in [3.8, 4) is 0 Å². The van der Waals surface area contributed by atoms with Crippen LogP contribution in [0.2, 0.25) is 0 Å². The molecule has 0 bridgehead atoms. The smallest absolute Gasteiger partial charge is 0.254 e. The molecule has 2 aromatic heterocycles. The number of rotatable bonds is 6. The van der Waals surface area contributed by atoms with Crippen LogP contribution in [0, 0.1) is 25.2 Å². The summed E-state index contributed by atoms with van der Waals surface area (Å²) in [7, 11) is 0. The minimum atomic E-state index is 0.0760. The van der Waals surface area contributed by atoms with Crippen LogP contribution in [0.5, 0.6) is 0 Å². The number of carbonyl (C=O) groups excluding carboxylic acids is 2. The number of likely N-dealkylation sites (tertiary alicyclic amines) is 1. The molecule has 1 aromatic carbocycles. The maximum Gasteiger partial charge on any atom is 0.254 e. The Hall–Kier alpha value is -3.22. The maximum absolute atomic E-state index is 13.4. The fourth-order valence-corrected chi connectivity index (χ4v) is 5.26. The quantitative estimate of drug-likeness (QED) is 0.589. The van der Waals surface area contributed by atoms with E-state index in [1.54, 1.807) is 12.5 Å². The number of amides is 2. The Labute approximate surface area is 194 Å². The van der Waals surface area contributed by atoms with Gasteiger partial charge in [0.1, 0.15) is 0 Å². The van der Waals surface area contributed by atoms with Gasteiger partial charge in [0.15, 0.2) is 0 Å². The van der Waals surface area contributed by atoms with Crippen molar-refractivity contribution in [2.75, 3.05) is 19.6 Å². The molecule has 1 spiro atoms. The van der Waals surface area contributed by atoms with Crippen LogP contribution in [0.1, 0.15) is 47.3 Å². The van der Waals surface area contributed by atoms with Crippen LogP contribution < -0.4 is 5.32 Å². The number of imidazole rings is 1. The minimum Gasteiger partial charge on any atom is -0.356 e. The lowest BCUT2D eigenvalue weighted by atomic mass is 9.90. The fraction of sp³-hybridized carbons (Fsp3) is 0.462. The van der Waals surface area contributed by atoms with Crippen LogP contribution in [0.4, 0.5) is 0 Å². The van der Waals surface area contributed by atoms with Crippen molar-refractivity contribution in [2.24, 2.45) is 11.3 Å². The number of aromatic nitrogens is 3. The predicted molar refractivity (Wildman–Crippen MR) is 127 cm³/mol. The Kier molecular flexibility index (Phi) is 5.64. The van der Waals surface area contributed by atoms with Crippen molar-refractivity contribution in [3.63, 3.8) is 0 Å². The molecule has 7 nitrogen and oxygen atoms in total. The van der Waals surface area contributed by atoms with E-state index in [4.69, 9.17) is 0 Å². The van der Waals surface area contributed by atoms with Gasteiger partial charge >= 0.3 is 0 Å². The summed E-state index contributed by atoms with van der Waals surface area (Å²) in [5, 5.41) is 4.03. The maximum atomic E-state index is 13.4. The number of hydrogen-bond acceptors (Lipinski definition) is 4. The molecule has 1 aliphatic carbocycles. The number of carbonyl (C=O) groups is 2. The monoisotopic (exact) mass is 445 g/mol. The summed E-state index contributed by atoms with van der Waals surface area (Å²) in [5.41, 5.74) is 3.66. The van der Waals surface area contributed by atoms with Crippen LogP contribution in [-0.4, -0.2) is 50.9 Å². The summed E-state index contributed by atoms with van der Waals surface area (Å²) < 4.78 is 2.02. The molecule has 2 amide bonds. The Morgan fingerprint density at radius 2 is 2.00 bits per heavy atom. The van der Waals surface area contributed by atoms with Gasteiger partial charge in [0, 0.05) is 55.6 Å². The highest BCUT2D eigenvalue weighted by Crippen LogP contribution is 2.59. The summed E-state index contributed by atoms with van der Waals surface area (Å²) in [5.74, 6) is 0.341. The number of aryl methyl sites for hydroxylation is 3. The van der Waals surface area contributed by atoms with E-state index >= 15 is 0 Å². The Balaban J connectivity index is 1.16. The van der Waals surface area contributed by atoms with Gasteiger partial charge in [0.05, 0.1) is 17.4 Å². The molecule has 1 N–H and O–H groups in total. The lowest BCUT2D eigenvalue weighted by Gasteiger charge is -2.33. The Bertz CT molecular complexity index is 1180.